The number of fused-ring (bicyclic) bond motifs is 1. The lowest BCUT2D eigenvalue weighted by Gasteiger charge is -2.09. The molecule has 0 unspecified atom stereocenters. The molecular formula is C13H10F3N3OS. The molecular weight excluding hydrogens is 303 g/mol. The minimum atomic E-state index is -0.988. The standard InChI is InChI=1S/C13H10F3N3OS/c1-20-12-10(19-2-3-21-13(19)18-12)6-17-11-8(15)4-7(14)5-9(11)16/h2-5,17H,6H2,1H3. The molecule has 0 fully saturated rings. The number of halogens is 3. The number of hydrogen-bond donors (Lipinski definition) is 1. The van der Waals surface area contributed by atoms with Crippen molar-refractivity contribution < 1.29 is 17.9 Å². The van der Waals surface area contributed by atoms with E-state index in [1.54, 1.807) is 10.6 Å². The first-order valence-electron chi connectivity index (χ1n) is 5.97. The minimum Gasteiger partial charge on any atom is -0.480 e. The van der Waals surface area contributed by atoms with Crippen LogP contribution >= 0.6 is 11.3 Å². The van der Waals surface area contributed by atoms with E-state index >= 15 is 0 Å². The maximum atomic E-state index is 13.6. The van der Waals surface area contributed by atoms with Crippen LogP contribution < -0.4 is 10.1 Å². The van der Waals surface area contributed by atoms with E-state index in [-0.39, 0.29) is 12.2 Å². The zero-order valence-corrected chi connectivity index (χ0v) is 11.7. The number of benzene rings is 1. The van der Waals surface area contributed by atoms with Gasteiger partial charge in [0.15, 0.2) is 16.6 Å². The van der Waals surface area contributed by atoms with E-state index in [4.69, 9.17) is 4.74 Å². The molecule has 0 saturated carbocycles. The number of nitrogens with zero attached hydrogens (tertiary/aromatic N) is 2. The highest BCUT2D eigenvalue weighted by atomic mass is 32.1. The Bertz CT molecular complexity index is 776. The van der Waals surface area contributed by atoms with E-state index < -0.39 is 17.5 Å². The average molecular weight is 313 g/mol. The third kappa shape index (κ3) is 2.42. The molecule has 1 aromatic carbocycles. The third-order valence-corrected chi connectivity index (χ3v) is 3.71. The second-order valence-corrected chi connectivity index (χ2v) is 5.09. The number of hydrogen-bond acceptors (Lipinski definition) is 4. The number of methoxy groups -OCH3 is 1. The van der Waals surface area contributed by atoms with Crippen LogP contribution in [-0.2, 0) is 6.54 Å². The van der Waals surface area contributed by atoms with Crippen molar-refractivity contribution in [2.75, 3.05) is 12.4 Å². The number of thiazole rings is 1. The Morgan fingerprint density at radius 2 is 2.00 bits per heavy atom. The van der Waals surface area contributed by atoms with Crippen LogP contribution in [0.2, 0.25) is 0 Å². The molecule has 110 valence electrons. The monoisotopic (exact) mass is 313 g/mol. The van der Waals surface area contributed by atoms with E-state index in [1.165, 1.54) is 18.4 Å². The highest BCUT2D eigenvalue weighted by molar-refractivity contribution is 7.15. The summed E-state index contributed by atoms with van der Waals surface area (Å²) in [6.45, 7) is 0.0839. The van der Waals surface area contributed by atoms with Crippen LogP contribution in [0.25, 0.3) is 4.96 Å². The zero-order chi connectivity index (χ0) is 15.0. The van der Waals surface area contributed by atoms with E-state index in [9.17, 15) is 13.2 Å². The maximum absolute atomic E-state index is 13.6. The predicted octanol–water partition coefficient (Wildman–Crippen LogP) is 3.43. The lowest BCUT2D eigenvalue weighted by Crippen LogP contribution is -2.07. The number of imidazole rings is 1. The molecule has 0 bridgehead atoms. The Hall–Kier alpha value is -2.22. The second-order valence-electron chi connectivity index (χ2n) is 4.22. The molecule has 4 nitrogen and oxygen atoms in total. The van der Waals surface area contributed by atoms with Gasteiger partial charge in [0.05, 0.1) is 13.7 Å². The Kier molecular flexibility index (Phi) is 3.46. The Morgan fingerprint density at radius 3 is 2.67 bits per heavy atom. The molecule has 1 N–H and O–H groups in total. The molecule has 3 rings (SSSR count). The predicted molar refractivity (Wildman–Crippen MR) is 73.3 cm³/mol. The van der Waals surface area contributed by atoms with Crippen molar-refractivity contribution in [1.82, 2.24) is 9.38 Å². The van der Waals surface area contributed by atoms with Gasteiger partial charge in [0, 0.05) is 23.7 Å². The SMILES string of the molecule is COc1nc2sccn2c1CNc1c(F)cc(F)cc1F. The van der Waals surface area contributed by atoms with Gasteiger partial charge < -0.3 is 10.1 Å². The van der Waals surface area contributed by atoms with Gasteiger partial charge in [0.2, 0.25) is 5.88 Å². The van der Waals surface area contributed by atoms with Gasteiger partial charge in [0.1, 0.15) is 17.2 Å². The third-order valence-electron chi connectivity index (χ3n) is 2.96. The van der Waals surface area contributed by atoms with Gasteiger partial charge in [-0.2, -0.15) is 4.98 Å². The van der Waals surface area contributed by atoms with Crippen molar-refractivity contribution in [2.24, 2.45) is 0 Å². The van der Waals surface area contributed by atoms with Gasteiger partial charge in [-0.15, -0.1) is 11.3 Å². The summed E-state index contributed by atoms with van der Waals surface area (Å²) in [5, 5.41) is 4.45. The lowest BCUT2D eigenvalue weighted by atomic mass is 10.2. The van der Waals surface area contributed by atoms with Crippen molar-refractivity contribution >= 4 is 22.0 Å². The molecule has 0 aliphatic rings. The topological polar surface area (TPSA) is 38.6 Å². The molecule has 8 heteroatoms. The number of anilines is 1. The lowest BCUT2D eigenvalue weighted by molar-refractivity contribution is 0.395. The highest BCUT2D eigenvalue weighted by Crippen LogP contribution is 2.26. The maximum Gasteiger partial charge on any atom is 0.238 e. The Morgan fingerprint density at radius 1 is 1.29 bits per heavy atom. The minimum absolute atomic E-state index is 0.0839. The summed E-state index contributed by atoms with van der Waals surface area (Å²) in [4.78, 5) is 4.95. The average Bonchev–Trinajstić information content (AvgIpc) is 2.98. The van der Waals surface area contributed by atoms with Gasteiger partial charge in [-0.1, -0.05) is 0 Å². The van der Waals surface area contributed by atoms with Crippen molar-refractivity contribution in [3.63, 3.8) is 0 Å². The fraction of sp³-hybridized carbons (Fsp3) is 0.154. The molecule has 0 aliphatic heterocycles. The Balaban J connectivity index is 1.91. The van der Waals surface area contributed by atoms with Gasteiger partial charge in [-0.05, 0) is 0 Å². The summed E-state index contributed by atoms with van der Waals surface area (Å²) in [6.07, 6.45) is 1.78. The summed E-state index contributed by atoms with van der Waals surface area (Å²) in [5.74, 6) is -2.56. The van der Waals surface area contributed by atoms with Crippen molar-refractivity contribution in [2.45, 2.75) is 6.54 Å². The smallest absolute Gasteiger partial charge is 0.238 e. The Labute approximate surface area is 121 Å². The number of rotatable bonds is 4. The molecule has 0 saturated heterocycles. The molecule has 21 heavy (non-hydrogen) atoms. The molecule has 0 spiro atoms. The fourth-order valence-corrected chi connectivity index (χ4v) is 2.74. The van der Waals surface area contributed by atoms with Crippen molar-refractivity contribution in [3.05, 3.63) is 46.9 Å². The van der Waals surface area contributed by atoms with E-state index in [1.807, 2.05) is 5.38 Å². The summed E-state index contributed by atoms with van der Waals surface area (Å²) in [7, 11) is 1.47. The van der Waals surface area contributed by atoms with Crippen LogP contribution in [0.15, 0.2) is 23.7 Å². The summed E-state index contributed by atoms with van der Waals surface area (Å²) in [5.41, 5.74) is 0.237. The largest absolute Gasteiger partial charge is 0.480 e. The summed E-state index contributed by atoms with van der Waals surface area (Å²) >= 11 is 1.41. The molecule has 0 aliphatic carbocycles. The van der Waals surface area contributed by atoms with Crippen LogP contribution in [0.4, 0.5) is 18.9 Å². The van der Waals surface area contributed by atoms with Gasteiger partial charge in [-0.25, -0.2) is 13.2 Å². The van der Waals surface area contributed by atoms with Gasteiger partial charge in [-0.3, -0.25) is 4.40 Å². The van der Waals surface area contributed by atoms with E-state index in [0.29, 0.717) is 28.7 Å². The molecule has 0 radical (unpaired) electrons. The zero-order valence-electron chi connectivity index (χ0n) is 10.9. The van der Waals surface area contributed by atoms with Crippen molar-refractivity contribution in [1.29, 1.82) is 0 Å². The number of ether oxygens (including phenoxy) is 1. The van der Waals surface area contributed by atoms with Crippen LogP contribution in [0.3, 0.4) is 0 Å². The van der Waals surface area contributed by atoms with Gasteiger partial charge >= 0.3 is 0 Å². The first-order chi connectivity index (χ1) is 10.1. The van der Waals surface area contributed by atoms with Crippen LogP contribution in [-0.4, -0.2) is 16.5 Å². The number of nitrogens with one attached hydrogen (secondary N) is 1. The molecule has 2 aromatic heterocycles. The first-order valence-corrected chi connectivity index (χ1v) is 6.85. The number of aromatic nitrogens is 2. The quantitative estimate of drug-likeness (QED) is 0.802. The molecule has 0 atom stereocenters. The molecule has 0 amide bonds. The van der Waals surface area contributed by atoms with Crippen LogP contribution in [0, 0.1) is 17.5 Å². The fourth-order valence-electron chi connectivity index (χ4n) is 2.02. The normalized spacial score (nSPS) is 11.0. The van der Waals surface area contributed by atoms with Crippen LogP contribution in [0.1, 0.15) is 5.69 Å². The van der Waals surface area contributed by atoms with E-state index in [0.717, 1.165) is 0 Å². The highest BCUT2D eigenvalue weighted by Gasteiger charge is 2.16. The van der Waals surface area contributed by atoms with Gasteiger partial charge in [0.25, 0.3) is 0 Å². The second kappa shape index (κ2) is 5.28. The molecule has 2 heterocycles. The van der Waals surface area contributed by atoms with E-state index in [2.05, 4.69) is 10.3 Å². The van der Waals surface area contributed by atoms with Crippen LogP contribution in [0.5, 0.6) is 5.88 Å². The summed E-state index contributed by atoms with van der Waals surface area (Å²) < 4.78 is 46.9. The first kappa shape index (κ1) is 13.7. The molecule has 3 aromatic rings. The van der Waals surface area contributed by atoms with Crippen molar-refractivity contribution in [3.8, 4) is 5.88 Å². The summed E-state index contributed by atoms with van der Waals surface area (Å²) in [6, 6.07) is 1.25.